The Morgan fingerprint density at radius 1 is 1.17 bits per heavy atom. The van der Waals surface area contributed by atoms with Gasteiger partial charge in [-0.2, -0.15) is 13.2 Å². The van der Waals surface area contributed by atoms with Gasteiger partial charge in [-0.25, -0.2) is 4.39 Å². The second-order valence-electron chi connectivity index (χ2n) is 4.87. The highest BCUT2D eigenvalue weighted by atomic mass is 19.4. The second kappa shape index (κ2) is 6.65. The molecule has 0 saturated carbocycles. The van der Waals surface area contributed by atoms with E-state index < -0.39 is 17.6 Å². The number of nitrogens with one attached hydrogen (secondary N) is 1. The first-order valence-electron chi connectivity index (χ1n) is 6.62. The van der Waals surface area contributed by atoms with Gasteiger partial charge in [0.25, 0.3) is 0 Å². The molecule has 9 heteroatoms. The number of alkyl halides is 3. The van der Waals surface area contributed by atoms with Gasteiger partial charge in [0.15, 0.2) is 5.84 Å². The minimum atomic E-state index is -4.71. The van der Waals surface area contributed by atoms with Crippen molar-refractivity contribution in [3.05, 3.63) is 58.9 Å². The molecule has 0 radical (unpaired) electrons. The summed E-state index contributed by atoms with van der Waals surface area (Å²) in [7, 11) is 0. The number of phenolic OH excluding ortho intramolecular Hbond substituents is 1. The van der Waals surface area contributed by atoms with Crippen molar-refractivity contribution in [1.29, 1.82) is 0 Å². The summed E-state index contributed by atoms with van der Waals surface area (Å²) in [6, 6.07) is 6.25. The zero-order valence-electron chi connectivity index (χ0n) is 12.1. The van der Waals surface area contributed by atoms with Crippen molar-refractivity contribution in [3.63, 3.8) is 0 Å². The number of nitrogens with zero attached hydrogens (tertiary/aromatic N) is 1. The number of hydrogen-bond acceptors (Lipinski definition) is 4. The SMILES string of the molecule is NC(=NO)c1ccc(O)c(NCc2ccc(F)cc2C(F)(F)F)c1. The molecule has 0 bridgehead atoms. The maximum atomic E-state index is 13.1. The van der Waals surface area contributed by atoms with Crippen LogP contribution in [0.25, 0.3) is 0 Å². The second-order valence-corrected chi connectivity index (χ2v) is 4.87. The first-order chi connectivity index (χ1) is 11.2. The minimum absolute atomic E-state index is 0.0801. The number of benzene rings is 2. The van der Waals surface area contributed by atoms with Crippen LogP contribution in [-0.2, 0) is 12.7 Å². The lowest BCUT2D eigenvalue weighted by Gasteiger charge is -2.15. The third-order valence-electron chi connectivity index (χ3n) is 3.25. The first kappa shape index (κ1) is 17.4. The zero-order chi connectivity index (χ0) is 17.9. The highest BCUT2D eigenvalue weighted by molar-refractivity contribution is 5.98. The molecule has 0 heterocycles. The van der Waals surface area contributed by atoms with E-state index in [0.29, 0.717) is 6.07 Å². The Morgan fingerprint density at radius 2 is 1.88 bits per heavy atom. The van der Waals surface area contributed by atoms with Crippen LogP contribution < -0.4 is 11.1 Å². The molecule has 24 heavy (non-hydrogen) atoms. The highest BCUT2D eigenvalue weighted by Gasteiger charge is 2.33. The van der Waals surface area contributed by atoms with Crippen LogP contribution in [0.15, 0.2) is 41.6 Å². The molecular formula is C15H13F4N3O2. The van der Waals surface area contributed by atoms with Crippen molar-refractivity contribution >= 4 is 11.5 Å². The lowest BCUT2D eigenvalue weighted by molar-refractivity contribution is -0.138. The molecule has 5 nitrogen and oxygen atoms in total. The standard InChI is InChI=1S/C15H13F4N3O2/c16-10-3-1-9(11(6-10)15(17,18)19)7-21-12-5-8(14(20)22-24)2-4-13(12)23/h1-6,21,23-24H,7H2,(H2,20,22). The van der Waals surface area contributed by atoms with E-state index in [1.165, 1.54) is 18.2 Å². The molecule has 0 aliphatic rings. The molecule has 0 aliphatic carbocycles. The Kier molecular flexibility index (Phi) is 4.82. The van der Waals surface area contributed by atoms with Crippen LogP contribution in [0, 0.1) is 5.82 Å². The van der Waals surface area contributed by atoms with Gasteiger partial charge in [-0.05, 0) is 35.9 Å². The van der Waals surface area contributed by atoms with Crippen molar-refractivity contribution in [1.82, 2.24) is 0 Å². The summed E-state index contributed by atoms with van der Waals surface area (Å²) in [6.07, 6.45) is -4.71. The van der Waals surface area contributed by atoms with E-state index in [1.807, 2.05) is 0 Å². The van der Waals surface area contributed by atoms with E-state index in [-0.39, 0.29) is 34.9 Å². The van der Waals surface area contributed by atoms with Gasteiger partial charge in [0, 0.05) is 12.1 Å². The van der Waals surface area contributed by atoms with E-state index in [2.05, 4.69) is 10.5 Å². The molecule has 0 unspecified atom stereocenters. The van der Waals surface area contributed by atoms with Gasteiger partial charge in [-0.15, -0.1) is 0 Å². The number of amidine groups is 1. The lowest BCUT2D eigenvalue weighted by Crippen LogP contribution is -2.14. The zero-order valence-corrected chi connectivity index (χ0v) is 12.1. The first-order valence-corrected chi connectivity index (χ1v) is 6.62. The Morgan fingerprint density at radius 3 is 2.50 bits per heavy atom. The average Bonchev–Trinajstić information content (AvgIpc) is 2.53. The van der Waals surface area contributed by atoms with Crippen LogP contribution in [0.3, 0.4) is 0 Å². The van der Waals surface area contributed by atoms with Crippen molar-refractivity contribution in [2.45, 2.75) is 12.7 Å². The summed E-state index contributed by atoms with van der Waals surface area (Å²) >= 11 is 0. The van der Waals surface area contributed by atoms with Crippen LogP contribution in [0.2, 0.25) is 0 Å². The fourth-order valence-electron chi connectivity index (χ4n) is 2.05. The van der Waals surface area contributed by atoms with Crippen molar-refractivity contribution in [3.8, 4) is 5.75 Å². The molecule has 0 fully saturated rings. The van der Waals surface area contributed by atoms with Crippen LogP contribution in [0.5, 0.6) is 5.75 Å². The van der Waals surface area contributed by atoms with Gasteiger partial charge >= 0.3 is 6.18 Å². The third kappa shape index (κ3) is 3.86. The maximum Gasteiger partial charge on any atom is 0.416 e. The molecule has 0 atom stereocenters. The van der Waals surface area contributed by atoms with Crippen LogP contribution in [-0.4, -0.2) is 16.1 Å². The maximum absolute atomic E-state index is 13.1. The number of oxime groups is 1. The van der Waals surface area contributed by atoms with Crippen LogP contribution in [0.4, 0.5) is 23.2 Å². The summed E-state index contributed by atoms with van der Waals surface area (Å²) in [5, 5.41) is 23.8. The van der Waals surface area contributed by atoms with Gasteiger partial charge in [-0.3, -0.25) is 0 Å². The Labute approximate surface area is 134 Å². The number of nitrogens with two attached hydrogens (primary N) is 1. The Hall–Kier alpha value is -2.97. The molecular weight excluding hydrogens is 330 g/mol. The van der Waals surface area contributed by atoms with Crippen molar-refractivity contribution in [2.75, 3.05) is 5.32 Å². The Balaban J connectivity index is 2.29. The van der Waals surface area contributed by atoms with E-state index >= 15 is 0 Å². The number of hydrogen-bond donors (Lipinski definition) is 4. The smallest absolute Gasteiger partial charge is 0.416 e. The molecule has 0 saturated heterocycles. The number of aromatic hydroxyl groups is 1. The predicted molar refractivity (Wildman–Crippen MR) is 79.3 cm³/mol. The van der Waals surface area contributed by atoms with Crippen molar-refractivity contribution in [2.24, 2.45) is 10.9 Å². The molecule has 0 amide bonds. The quantitative estimate of drug-likeness (QED) is 0.171. The Bertz CT molecular complexity index is 776. The normalized spacial score (nSPS) is 12.2. The third-order valence-corrected chi connectivity index (χ3v) is 3.25. The topological polar surface area (TPSA) is 90.9 Å². The van der Waals surface area contributed by atoms with E-state index in [0.717, 1.165) is 12.1 Å². The number of halogens is 4. The van der Waals surface area contributed by atoms with E-state index in [1.54, 1.807) is 0 Å². The number of rotatable bonds is 4. The summed E-state index contributed by atoms with van der Waals surface area (Å²) in [5.41, 5.74) is 4.45. The van der Waals surface area contributed by atoms with Crippen LogP contribution in [0.1, 0.15) is 16.7 Å². The highest BCUT2D eigenvalue weighted by Crippen LogP contribution is 2.33. The fourth-order valence-corrected chi connectivity index (χ4v) is 2.05. The summed E-state index contributed by atoms with van der Waals surface area (Å²) in [6.45, 7) is -0.317. The molecule has 128 valence electrons. The van der Waals surface area contributed by atoms with Gasteiger partial charge in [-0.1, -0.05) is 11.2 Å². The van der Waals surface area contributed by atoms with Crippen molar-refractivity contribution < 1.29 is 27.9 Å². The number of anilines is 1. The largest absolute Gasteiger partial charge is 0.506 e. The van der Waals surface area contributed by atoms with Gasteiger partial charge < -0.3 is 21.4 Å². The predicted octanol–water partition coefficient (Wildman–Crippen LogP) is 3.26. The summed E-state index contributed by atoms with van der Waals surface area (Å²) in [5.74, 6) is -1.46. The lowest BCUT2D eigenvalue weighted by atomic mass is 10.1. The average molecular weight is 343 g/mol. The molecule has 2 aromatic carbocycles. The molecule has 0 spiro atoms. The monoisotopic (exact) mass is 343 g/mol. The summed E-state index contributed by atoms with van der Waals surface area (Å²) < 4.78 is 51.9. The summed E-state index contributed by atoms with van der Waals surface area (Å²) in [4.78, 5) is 0. The van der Waals surface area contributed by atoms with Gasteiger partial charge in [0.2, 0.25) is 0 Å². The van der Waals surface area contributed by atoms with Gasteiger partial charge in [0.1, 0.15) is 11.6 Å². The molecule has 5 N–H and O–H groups in total. The van der Waals surface area contributed by atoms with E-state index in [4.69, 9.17) is 10.9 Å². The number of phenols is 1. The fraction of sp³-hybridized carbons (Fsp3) is 0.133. The van der Waals surface area contributed by atoms with Gasteiger partial charge in [0.05, 0.1) is 11.3 Å². The molecule has 0 aromatic heterocycles. The van der Waals surface area contributed by atoms with Crippen LogP contribution >= 0.6 is 0 Å². The van der Waals surface area contributed by atoms with E-state index in [9.17, 15) is 22.7 Å². The minimum Gasteiger partial charge on any atom is -0.506 e. The molecule has 2 rings (SSSR count). The molecule has 0 aliphatic heterocycles. The molecule has 2 aromatic rings.